The highest BCUT2D eigenvalue weighted by Gasteiger charge is 1.84. The monoisotopic (exact) mass is 499 g/mol. The lowest BCUT2D eigenvalue weighted by Gasteiger charge is -1.77. The number of nitrogens with one attached hydrogen (secondary N) is 1. The largest absolute Gasteiger partial charge is 0.254 e. The molecule has 0 amide bonds. The van der Waals surface area contributed by atoms with E-state index in [2.05, 4.69) is 15.2 Å². The van der Waals surface area contributed by atoms with Crippen LogP contribution < -0.4 is 0 Å². The van der Waals surface area contributed by atoms with Gasteiger partial charge in [0, 0.05) is 0 Å². The van der Waals surface area contributed by atoms with Crippen molar-refractivity contribution >= 4 is 83.7 Å². The van der Waals surface area contributed by atoms with Crippen LogP contribution in [0.5, 0.6) is 0 Å². The average Bonchev–Trinajstić information content (AvgIpc) is 2.14. The van der Waals surface area contributed by atoms with Crippen LogP contribution in [0.15, 0.2) is 11.5 Å². The Kier molecular flexibility index (Phi) is 18.9. The van der Waals surface area contributed by atoms with Crippen molar-refractivity contribution in [3.63, 3.8) is 0 Å². The van der Waals surface area contributed by atoms with Gasteiger partial charge in [-0.05, 0) is 6.26 Å². The lowest BCUT2D eigenvalue weighted by Crippen LogP contribution is -1.68. The number of H-pyrrole nitrogens is 1. The second-order valence-electron chi connectivity index (χ2n) is 0.995. The molecule has 0 unspecified atom stereocenters. The van der Waals surface area contributed by atoms with Crippen molar-refractivity contribution in [1.82, 2.24) is 15.2 Å². The maximum Gasteiger partial charge on any atom is 0.183 e. The normalized spacial score (nSPS) is 6.50. The van der Waals surface area contributed by atoms with Gasteiger partial charge >= 0.3 is 0 Å². The molecule has 0 fully saturated rings. The Morgan fingerprint density at radius 1 is 1.40 bits per heavy atom. The molecule has 0 atom stereocenters. The summed E-state index contributed by atoms with van der Waals surface area (Å²) in [7, 11) is 0. The Labute approximate surface area is 115 Å². The van der Waals surface area contributed by atoms with Crippen molar-refractivity contribution in [2.24, 2.45) is 0 Å². The zero-order valence-corrected chi connectivity index (χ0v) is 12.9. The van der Waals surface area contributed by atoms with E-state index in [-0.39, 0.29) is 71.9 Å². The molecule has 0 spiro atoms. The summed E-state index contributed by atoms with van der Waals surface area (Å²) in [5.41, 5.74) is 0. The zero-order valence-electron chi connectivity index (χ0n) is 5.10. The van der Waals surface area contributed by atoms with Crippen molar-refractivity contribution in [3.05, 3.63) is 6.33 Å². The van der Waals surface area contributed by atoms with Crippen LogP contribution in [0.25, 0.3) is 0 Å². The van der Waals surface area contributed by atoms with Gasteiger partial charge in [-0.1, -0.05) is 11.8 Å². The molecule has 0 saturated carbocycles. The SMILES string of the molecule is CSc1ncn[nH]1.I.I.I. The minimum atomic E-state index is 0. The third-order valence-electron chi connectivity index (χ3n) is 0.586. The summed E-state index contributed by atoms with van der Waals surface area (Å²) in [6, 6.07) is 0. The molecule has 1 rings (SSSR count). The molecule has 62 valence electrons. The number of aromatic nitrogens is 3. The van der Waals surface area contributed by atoms with Gasteiger partial charge in [0.2, 0.25) is 0 Å². The molecule has 1 aromatic heterocycles. The van der Waals surface area contributed by atoms with Crippen LogP contribution in [0.4, 0.5) is 0 Å². The molecular formula is C3H8I3N3S. The summed E-state index contributed by atoms with van der Waals surface area (Å²) in [5, 5.41) is 7.19. The highest BCUT2D eigenvalue weighted by molar-refractivity contribution is 14.0. The van der Waals surface area contributed by atoms with Gasteiger partial charge in [0.1, 0.15) is 6.33 Å². The Morgan fingerprint density at radius 2 is 2.00 bits per heavy atom. The molecule has 0 aromatic carbocycles. The fourth-order valence-electron chi connectivity index (χ4n) is 0.293. The van der Waals surface area contributed by atoms with Crippen molar-refractivity contribution in [2.75, 3.05) is 6.26 Å². The van der Waals surface area contributed by atoms with Gasteiger partial charge in [-0.25, -0.2) is 4.98 Å². The summed E-state index contributed by atoms with van der Waals surface area (Å²) in [6.45, 7) is 0. The fourth-order valence-corrected chi connectivity index (χ4v) is 0.589. The molecule has 1 N–H and O–H groups in total. The molecule has 0 aliphatic heterocycles. The highest BCUT2D eigenvalue weighted by Crippen LogP contribution is 2.02. The van der Waals surface area contributed by atoms with E-state index in [4.69, 9.17) is 0 Å². The van der Waals surface area contributed by atoms with Crippen LogP contribution in [0.2, 0.25) is 0 Å². The third kappa shape index (κ3) is 6.39. The van der Waals surface area contributed by atoms with Crippen LogP contribution in [-0.2, 0) is 0 Å². The minimum absolute atomic E-state index is 0. The van der Waals surface area contributed by atoms with Crippen molar-refractivity contribution < 1.29 is 0 Å². The first-order chi connectivity index (χ1) is 3.43. The van der Waals surface area contributed by atoms with Crippen LogP contribution in [-0.4, -0.2) is 21.4 Å². The predicted molar refractivity (Wildman–Crippen MR) is 74.4 cm³/mol. The maximum atomic E-state index is 3.83. The Bertz CT molecular complexity index is 134. The molecule has 0 aliphatic carbocycles. The van der Waals surface area contributed by atoms with Crippen molar-refractivity contribution in [3.8, 4) is 0 Å². The smallest absolute Gasteiger partial charge is 0.183 e. The number of nitrogens with zero attached hydrogens (tertiary/aromatic N) is 2. The van der Waals surface area contributed by atoms with Crippen LogP contribution in [0.3, 0.4) is 0 Å². The quantitative estimate of drug-likeness (QED) is 0.477. The Hall–Kier alpha value is 1.68. The molecule has 0 aliphatic rings. The van der Waals surface area contributed by atoms with E-state index in [9.17, 15) is 0 Å². The van der Waals surface area contributed by atoms with Gasteiger partial charge in [0.05, 0.1) is 0 Å². The number of aromatic amines is 1. The average molecular weight is 499 g/mol. The molecule has 0 saturated heterocycles. The van der Waals surface area contributed by atoms with Crippen LogP contribution in [0, 0.1) is 0 Å². The van der Waals surface area contributed by atoms with Crippen LogP contribution in [0.1, 0.15) is 0 Å². The van der Waals surface area contributed by atoms with E-state index in [1.54, 1.807) is 11.8 Å². The molecule has 3 nitrogen and oxygen atoms in total. The van der Waals surface area contributed by atoms with Gasteiger partial charge in [-0.2, -0.15) is 5.10 Å². The van der Waals surface area contributed by atoms with Gasteiger partial charge in [-0.15, -0.1) is 71.9 Å². The molecule has 0 bridgehead atoms. The zero-order chi connectivity index (χ0) is 5.11. The van der Waals surface area contributed by atoms with Gasteiger partial charge < -0.3 is 0 Å². The summed E-state index contributed by atoms with van der Waals surface area (Å²) in [6.07, 6.45) is 3.44. The van der Waals surface area contributed by atoms with Crippen molar-refractivity contribution in [1.29, 1.82) is 0 Å². The molecule has 7 heteroatoms. The summed E-state index contributed by atoms with van der Waals surface area (Å²) in [4.78, 5) is 3.83. The van der Waals surface area contributed by atoms with E-state index < -0.39 is 0 Å². The van der Waals surface area contributed by atoms with Gasteiger partial charge in [-0.3, -0.25) is 5.10 Å². The first kappa shape index (κ1) is 17.7. The lowest BCUT2D eigenvalue weighted by atomic mass is 11.3. The molecule has 10 heavy (non-hydrogen) atoms. The molecule has 0 radical (unpaired) electrons. The molecule has 1 heterocycles. The second-order valence-corrected chi connectivity index (χ2v) is 1.79. The fraction of sp³-hybridized carbons (Fsp3) is 0.333. The third-order valence-corrected chi connectivity index (χ3v) is 1.17. The maximum absolute atomic E-state index is 3.83. The van der Waals surface area contributed by atoms with Gasteiger partial charge in [0.25, 0.3) is 0 Å². The first-order valence-corrected chi connectivity index (χ1v) is 3.05. The molecule has 1 aromatic rings. The highest BCUT2D eigenvalue weighted by atomic mass is 127. The number of hydrogen-bond acceptors (Lipinski definition) is 3. The molecular weight excluding hydrogens is 491 g/mol. The summed E-state index contributed by atoms with van der Waals surface area (Å²) < 4.78 is 0. The Morgan fingerprint density at radius 3 is 2.20 bits per heavy atom. The standard InChI is InChI=1S/C3H5N3S.3HI/c1-7-3-4-2-5-6-3;;;/h2H,1H3,(H,4,5,6);3*1H. The van der Waals surface area contributed by atoms with E-state index in [1.807, 2.05) is 6.26 Å². The number of halogens is 3. The van der Waals surface area contributed by atoms with E-state index in [0.717, 1.165) is 5.16 Å². The van der Waals surface area contributed by atoms with E-state index in [1.165, 1.54) is 6.33 Å². The second kappa shape index (κ2) is 10.7. The van der Waals surface area contributed by atoms with Crippen molar-refractivity contribution in [2.45, 2.75) is 5.16 Å². The summed E-state index contributed by atoms with van der Waals surface area (Å²) in [5.74, 6) is 0. The summed E-state index contributed by atoms with van der Waals surface area (Å²) >= 11 is 1.55. The van der Waals surface area contributed by atoms with Crippen LogP contribution >= 0.6 is 83.7 Å². The number of thioether (sulfide) groups is 1. The Balaban J connectivity index is -0.000000163. The van der Waals surface area contributed by atoms with E-state index in [0.29, 0.717) is 0 Å². The van der Waals surface area contributed by atoms with E-state index >= 15 is 0 Å². The lowest BCUT2D eigenvalue weighted by molar-refractivity contribution is 0.976. The topological polar surface area (TPSA) is 41.6 Å². The number of rotatable bonds is 1. The first-order valence-electron chi connectivity index (χ1n) is 1.83. The number of hydrogen-bond donors (Lipinski definition) is 1. The van der Waals surface area contributed by atoms with Gasteiger partial charge in [0.15, 0.2) is 5.16 Å². The minimum Gasteiger partial charge on any atom is -0.254 e. The predicted octanol–water partition coefficient (Wildman–Crippen LogP) is 2.38.